The van der Waals surface area contributed by atoms with E-state index in [1.165, 1.54) is 4.88 Å². The predicted octanol–water partition coefficient (Wildman–Crippen LogP) is 3.47. The van der Waals surface area contributed by atoms with Crippen molar-refractivity contribution in [3.05, 3.63) is 46.7 Å². The molecule has 0 radical (unpaired) electrons. The van der Waals surface area contributed by atoms with Crippen molar-refractivity contribution < 1.29 is 9.47 Å². The molecule has 0 fully saturated rings. The van der Waals surface area contributed by atoms with E-state index in [1.54, 1.807) is 18.4 Å². The molecule has 2 aromatic rings. The summed E-state index contributed by atoms with van der Waals surface area (Å²) in [4.78, 5) is 5.65. The molecular weight excluding hydrogens is 449 g/mol. The van der Waals surface area contributed by atoms with Crippen LogP contribution in [0, 0.1) is 0 Å². The van der Waals surface area contributed by atoms with Crippen molar-refractivity contribution in [2.75, 3.05) is 26.7 Å². The van der Waals surface area contributed by atoms with Crippen LogP contribution in [0.3, 0.4) is 0 Å². The van der Waals surface area contributed by atoms with Crippen LogP contribution in [-0.4, -0.2) is 38.8 Å². The molecule has 2 heterocycles. The van der Waals surface area contributed by atoms with E-state index in [2.05, 4.69) is 40.1 Å². The zero-order chi connectivity index (χ0) is 16.8. The van der Waals surface area contributed by atoms with Gasteiger partial charge in [0.1, 0.15) is 12.7 Å². The summed E-state index contributed by atoms with van der Waals surface area (Å²) in [5, 5.41) is 8.78. The molecule has 1 aliphatic rings. The average molecular weight is 473 g/mol. The van der Waals surface area contributed by atoms with Gasteiger partial charge in [-0.1, -0.05) is 25.1 Å². The van der Waals surface area contributed by atoms with Gasteiger partial charge in [-0.15, -0.1) is 35.3 Å². The van der Waals surface area contributed by atoms with Gasteiger partial charge in [-0.2, -0.15) is 0 Å². The van der Waals surface area contributed by atoms with Gasteiger partial charge in [0.2, 0.25) is 0 Å². The number of hydrogen-bond donors (Lipinski definition) is 2. The number of nitrogens with one attached hydrogen (secondary N) is 2. The Morgan fingerprint density at radius 2 is 2.04 bits per heavy atom. The predicted molar refractivity (Wildman–Crippen MR) is 114 cm³/mol. The van der Waals surface area contributed by atoms with Crippen LogP contribution in [-0.2, 0) is 0 Å². The molecule has 3 rings (SSSR count). The van der Waals surface area contributed by atoms with E-state index in [0.29, 0.717) is 19.1 Å². The molecule has 25 heavy (non-hydrogen) atoms. The fraction of sp³-hybridized carbons (Fsp3) is 0.389. The van der Waals surface area contributed by atoms with Gasteiger partial charge in [-0.05, 0) is 23.6 Å². The van der Waals surface area contributed by atoms with E-state index in [9.17, 15) is 0 Å². The summed E-state index contributed by atoms with van der Waals surface area (Å²) < 4.78 is 11.7. The standard InChI is InChI=1S/C18H23N3O2S.HI/c1-13(17-8-5-9-24-17)10-20-18(19-2)21-11-14-12-22-15-6-3-4-7-16(15)23-14;/h3-9,13-14H,10-12H2,1-2H3,(H2,19,20,21);1H. The second kappa shape index (κ2) is 9.86. The molecule has 0 saturated carbocycles. The Morgan fingerprint density at radius 1 is 1.24 bits per heavy atom. The first-order valence-corrected chi connectivity index (χ1v) is 9.00. The van der Waals surface area contributed by atoms with Crippen LogP contribution in [0.4, 0.5) is 0 Å². The van der Waals surface area contributed by atoms with Gasteiger partial charge < -0.3 is 20.1 Å². The highest BCUT2D eigenvalue weighted by molar-refractivity contribution is 14.0. The summed E-state index contributed by atoms with van der Waals surface area (Å²) in [7, 11) is 1.78. The van der Waals surface area contributed by atoms with E-state index < -0.39 is 0 Å². The van der Waals surface area contributed by atoms with Crippen LogP contribution in [0.1, 0.15) is 17.7 Å². The molecule has 5 nitrogen and oxygen atoms in total. The Hall–Kier alpha value is -1.48. The van der Waals surface area contributed by atoms with Crippen molar-refractivity contribution in [3.8, 4) is 11.5 Å². The minimum Gasteiger partial charge on any atom is -0.486 e. The maximum atomic E-state index is 5.94. The number of aliphatic imine (C=N–C) groups is 1. The first-order valence-electron chi connectivity index (χ1n) is 8.12. The number of nitrogens with zero attached hydrogens (tertiary/aromatic N) is 1. The monoisotopic (exact) mass is 473 g/mol. The van der Waals surface area contributed by atoms with Crippen LogP contribution in [0.15, 0.2) is 46.8 Å². The molecule has 0 saturated heterocycles. The molecule has 2 unspecified atom stereocenters. The topological polar surface area (TPSA) is 54.9 Å². The molecule has 2 N–H and O–H groups in total. The fourth-order valence-corrected chi connectivity index (χ4v) is 3.30. The van der Waals surface area contributed by atoms with Crippen molar-refractivity contribution in [2.45, 2.75) is 18.9 Å². The highest BCUT2D eigenvalue weighted by Crippen LogP contribution is 2.30. The number of para-hydroxylation sites is 2. The van der Waals surface area contributed by atoms with E-state index in [4.69, 9.17) is 9.47 Å². The second-order valence-corrected chi connectivity index (χ2v) is 6.73. The fourth-order valence-electron chi connectivity index (χ4n) is 2.52. The molecular formula is C18H24IN3O2S. The quantitative estimate of drug-likeness (QED) is 0.397. The maximum Gasteiger partial charge on any atom is 0.191 e. The summed E-state index contributed by atoms with van der Waals surface area (Å²) in [5.41, 5.74) is 0. The number of hydrogen-bond acceptors (Lipinski definition) is 4. The van der Waals surface area contributed by atoms with Crippen LogP contribution in [0.5, 0.6) is 11.5 Å². The van der Waals surface area contributed by atoms with Crippen molar-refractivity contribution in [1.29, 1.82) is 0 Å². The zero-order valence-electron chi connectivity index (χ0n) is 14.4. The highest BCUT2D eigenvalue weighted by Gasteiger charge is 2.20. The van der Waals surface area contributed by atoms with Gasteiger partial charge in [0.05, 0.1) is 6.54 Å². The molecule has 7 heteroatoms. The lowest BCUT2D eigenvalue weighted by Gasteiger charge is -2.27. The summed E-state index contributed by atoms with van der Waals surface area (Å²) in [5.74, 6) is 2.83. The zero-order valence-corrected chi connectivity index (χ0v) is 17.5. The second-order valence-electron chi connectivity index (χ2n) is 5.75. The number of thiophene rings is 1. The van der Waals surface area contributed by atoms with Crippen molar-refractivity contribution >= 4 is 41.3 Å². The number of guanidine groups is 1. The summed E-state index contributed by atoms with van der Waals surface area (Å²) in [6, 6.07) is 12.0. The van der Waals surface area contributed by atoms with E-state index in [0.717, 1.165) is 24.0 Å². The van der Waals surface area contributed by atoms with Crippen LogP contribution >= 0.6 is 35.3 Å². The maximum absolute atomic E-state index is 5.94. The first-order chi connectivity index (χ1) is 11.8. The first kappa shape index (κ1) is 19.8. The Labute approximate surface area is 169 Å². The lowest BCUT2D eigenvalue weighted by molar-refractivity contribution is 0.0936. The third-order valence-electron chi connectivity index (χ3n) is 3.89. The van der Waals surface area contributed by atoms with Gasteiger partial charge in [0.25, 0.3) is 0 Å². The summed E-state index contributed by atoms with van der Waals surface area (Å²) >= 11 is 1.78. The number of halogens is 1. The molecule has 1 aromatic heterocycles. The summed E-state index contributed by atoms with van der Waals surface area (Å²) in [6.45, 7) is 4.22. The van der Waals surface area contributed by atoms with Gasteiger partial charge in [0.15, 0.2) is 17.5 Å². The average Bonchev–Trinajstić information content (AvgIpc) is 3.16. The largest absolute Gasteiger partial charge is 0.486 e. The minimum atomic E-state index is -0.0341. The van der Waals surface area contributed by atoms with Crippen LogP contribution < -0.4 is 20.1 Å². The smallest absolute Gasteiger partial charge is 0.191 e. The van der Waals surface area contributed by atoms with E-state index in [1.807, 2.05) is 24.3 Å². The Bertz CT molecular complexity index is 679. The van der Waals surface area contributed by atoms with Crippen molar-refractivity contribution in [2.24, 2.45) is 4.99 Å². The van der Waals surface area contributed by atoms with Gasteiger partial charge in [0, 0.05) is 24.4 Å². The molecule has 0 amide bonds. The minimum absolute atomic E-state index is 0. The molecule has 1 aliphatic heterocycles. The number of benzene rings is 1. The van der Waals surface area contributed by atoms with Gasteiger partial charge in [-0.25, -0.2) is 0 Å². The third-order valence-corrected chi connectivity index (χ3v) is 5.00. The summed E-state index contributed by atoms with van der Waals surface area (Å²) in [6.07, 6.45) is -0.0341. The molecule has 136 valence electrons. The highest BCUT2D eigenvalue weighted by atomic mass is 127. The van der Waals surface area contributed by atoms with Gasteiger partial charge in [-0.3, -0.25) is 4.99 Å². The number of ether oxygens (including phenoxy) is 2. The van der Waals surface area contributed by atoms with Gasteiger partial charge >= 0.3 is 0 Å². The molecule has 0 spiro atoms. The molecule has 1 aromatic carbocycles. The van der Waals surface area contributed by atoms with Crippen molar-refractivity contribution in [1.82, 2.24) is 10.6 Å². The normalized spacial score (nSPS) is 17.4. The molecule has 2 atom stereocenters. The third kappa shape index (κ3) is 5.50. The number of fused-ring (bicyclic) bond motifs is 1. The Kier molecular flexibility index (Phi) is 7.83. The lowest BCUT2D eigenvalue weighted by Crippen LogP contribution is -2.46. The van der Waals surface area contributed by atoms with Crippen LogP contribution in [0.2, 0.25) is 0 Å². The lowest BCUT2D eigenvalue weighted by atomic mass is 10.1. The molecule has 0 aliphatic carbocycles. The van der Waals surface area contributed by atoms with Crippen LogP contribution in [0.25, 0.3) is 0 Å². The van der Waals surface area contributed by atoms with E-state index in [-0.39, 0.29) is 30.1 Å². The molecule has 0 bridgehead atoms. The Balaban J connectivity index is 0.00000225. The van der Waals surface area contributed by atoms with E-state index >= 15 is 0 Å². The Morgan fingerprint density at radius 3 is 2.76 bits per heavy atom. The van der Waals surface area contributed by atoms with Crippen molar-refractivity contribution in [3.63, 3.8) is 0 Å². The number of rotatable bonds is 5. The SMILES string of the molecule is CN=C(NCC1COc2ccccc2O1)NCC(C)c1cccs1.I.